The maximum Gasteiger partial charge on any atom is 0.256 e. The Bertz CT molecular complexity index is 582. The number of H-pyrrole nitrogens is 1. The van der Waals surface area contributed by atoms with Crippen molar-refractivity contribution in [3.05, 3.63) is 21.7 Å². The van der Waals surface area contributed by atoms with Gasteiger partial charge in [0.2, 0.25) is 0 Å². The minimum atomic E-state index is -0.442. The zero-order valence-electron chi connectivity index (χ0n) is 13.2. The van der Waals surface area contributed by atoms with Crippen molar-refractivity contribution in [2.75, 3.05) is 19.0 Å². The first-order chi connectivity index (χ1) is 9.96. The van der Waals surface area contributed by atoms with Crippen molar-refractivity contribution < 1.29 is 4.74 Å². The lowest BCUT2D eigenvalue weighted by Crippen LogP contribution is -2.40. The Morgan fingerprint density at radius 1 is 1.19 bits per heavy atom. The van der Waals surface area contributed by atoms with Crippen LogP contribution in [0.3, 0.4) is 0 Å². The van der Waals surface area contributed by atoms with Gasteiger partial charge in [-0.15, -0.1) is 0 Å². The van der Waals surface area contributed by atoms with E-state index in [2.05, 4.69) is 24.1 Å². The van der Waals surface area contributed by atoms with Gasteiger partial charge in [-0.3, -0.25) is 4.79 Å². The normalized spacial score (nSPS) is 23.2. The number of ether oxygens (including phenoxy) is 1. The van der Waals surface area contributed by atoms with Gasteiger partial charge in [0.15, 0.2) is 0 Å². The summed E-state index contributed by atoms with van der Waals surface area (Å²) in [7, 11) is 1.73. The highest BCUT2D eigenvalue weighted by atomic mass is 16.5. The molecule has 0 spiro atoms. The second kappa shape index (κ2) is 5.13. The van der Waals surface area contributed by atoms with Crippen LogP contribution in [0.4, 0.5) is 5.82 Å². The van der Waals surface area contributed by atoms with Gasteiger partial charge < -0.3 is 15.0 Å². The summed E-state index contributed by atoms with van der Waals surface area (Å²) in [5, 5.41) is 3.25. The topological polar surface area (TPSA) is 67.0 Å². The third-order valence-electron chi connectivity index (χ3n) is 5.15. The van der Waals surface area contributed by atoms with Gasteiger partial charge in [0.25, 0.3) is 5.56 Å². The van der Waals surface area contributed by atoms with Crippen LogP contribution in [-0.4, -0.2) is 23.6 Å². The van der Waals surface area contributed by atoms with Crippen LogP contribution in [0, 0.1) is 5.41 Å². The van der Waals surface area contributed by atoms with Gasteiger partial charge in [-0.1, -0.05) is 13.8 Å². The number of methoxy groups -OCH3 is 1. The van der Waals surface area contributed by atoms with Gasteiger partial charge in [0.05, 0.1) is 5.56 Å². The van der Waals surface area contributed by atoms with Crippen LogP contribution >= 0.6 is 0 Å². The number of anilines is 1. The lowest BCUT2D eigenvalue weighted by molar-refractivity contribution is -0.0730. The molecule has 2 aliphatic rings. The van der Waals surface area contributed by atoms with Crippen molar-refractivity contribution in [1.29, 1.82) is 0 Å². The number of nitrogens with one attached hydrogen (secondary N) is 2. The van der Waals surface area contributed by atoms with Crippen LogP contribution in [0.5, 0.6) is 0 Å². The fraction of sp³-hybridized carbons (Fsp3) is 0.750. The fourth-order valence-electron chi connectivity index (χ4n) is 3.43. The van der Waals surface area contributed by atoms with Crippen LogP contribution in [0.15, 0.2) is 4.79 Å². The van der Waals surface area contributed by atoms with E-state index in [0.29, 0.717) is 11.2 Å². The minimum absolute atomic E-state index is 0.0107. The average Bonchev–Trinajstić information content (AvgIpc) is 2.48. The summed E-state index contributed by atoms with van der Waals surface area (Å²) in [5.74, 6) is 1.44. The van der Waals surface area contributed by atoms with E-state index in [4.69, 9.17) is 9.72 Å². The molecule has 2 heterocycles. The average molecular weight is 291 g/mol. The second-order valence-corrected chi connectivity index (χ2v) is 7.13. The van der Waals surface area contributed by atoms with E-state index < -0.39 is 5.60 Å². The summed E-state index contributed by atoms with van der Waals surface area (Å²) < 4.78 is 5.84. The van der Waals surface area contributed by atoms with Crippen LogP contribution in [-0.2, 0) is 16.8 Å². The molecule has 1 aliphatic carbocycles. The van der Waals surface area contributed by atoms with Gasteiger partial charge in [0, 0.05) is 13.7 Å². The highest BCUT2D eigenvalue weighted by molar-refractivity contribution is 5.45. The van der Waals surface area contributed by atoms with Gasteiger partial charge >= 0.3 is 0 Å². The van der Waals surface area contributed by atoms with Crippen molar-refractivity contribution in [2.24, 2.45) is 5.41 Å². The molecular formula is C16H25N3O2. The maximum absolute atomic E-state index is 12.3. The summed E-state index contributed by atoms with van der Waals surface area (Å²) in [5.41, 5.74) is 0.674. The highest BCUT2D eigenvalue weighted by Gasteiger charge is 2.42. The number of hydrogen-bond acceptors (Lipinski definition) is 4. The van der Waals surface area contributed by atoms with Crippen molar-refractivity contribution >= 4 is 5.82 Å². The second-order valence-electron chi connectivity index (χ2n) is 7.13. The zero-order valence-corrected chi connectivity index (χ0v) is 13.2. The Morgan fingerprint density at radius 2 is 1.90 bits per heavy atom. The van der Waals surface area contributed by atoms with E-state index in [-0.39, 0.29) is 5.56 Å². The van der Waals surface area contributed by atoms with Crippen LogP contribution in [0.25, 0.3) is 0 Å². The molecule has 21 heavy (non-hydrogen) atoms. The molecule has 0 radical (unpaired) electrons. The monoisotopic (exact) mass is 291 g/mol. The van der Waals surface area contributed by atoms with E-state index in [1.807, 2.05) is 0 Å². The first-order valence-corrected chi connectivity index (χ1v) is 7.89. The number of hydrogen-bond donors (Lipinski definition) is 2. The summed E-state index contributed by atoms with van der Waals surface area (Å²) in [6.45, 7) is 5.46. The van der Waals surface area contributed by atoms with E-state index in [1.54, 1.807) is 7.11 Å². The Morgan fingerprint density at radius 3 is 2.57 bits per heavy atom. The number of aromatic nitrogens is 2. The Balaban J connectivity index is 1.98. The predicted molar refractivity (Wildman–Crippen MR) is 82.6 cm³/mol. The summed E-state index contributed by atoms with van der Waals surface area (Å²) in [6, 6.07) is 0. The minimum Gasteiger partial charge on any atom is -0.370 e. The molecule has 1 fully saturated rings. The molecule has 0 bridgehead atoms. The van der Waals surface area contributed by atoms with E-state index in [0.717, 1.165) is 56.5 Å². The molecule has 5 heteroatoms. The Hall–Kier alpha value is -1.36. The van der Waals surface area contributed by atoms with Crippen molar-refractivity contribution in [1.82, 2.24) is 9.97 Å². The summed E-state index contributed by atoms with van der Waals surface area (Å²) in [6.07, 6.45) is 5.75. The molecule has 2 N–H and O–H groups in total. The maximum atomic E-state index is 12.3. The quantitative estimate of drug-likeness (QED) is 0.879. The van der Waals surface area contributed by atoms with Gasteiger partial charge in [0.1, 0.15) is 17.2 Å². The number of aromatic amines is 1. The molecule has 1 saturated carbocycles. The molecule has 0 saturated heterocycles. The van der Waals surface area contributed by atoms with Crippen molar-refractivity contribution in [2.45, 2.75) is 58.0 Å². The molecule has 5 nitrogen and oxygen atoms in total. The molecule has 1 aromatic heterocycles. The first-order valence-electron chi connectivity index (χ1n) is 7.89. The largest absolute Gasteiger partial charge is 0.370 e. The van der Waals surface area contributed by atoms with Gasteiger partial charge in [-0.2, -0.15) is 0 Å². The lowest BCUT2D eigenvalue weighted by Gasteiger charge is -2.42. The molecular weight excluding hydrogens is 266 g/mol. The van der Waals surface area contributed by atoms with Crippen LogP contribution in [0.1, 0.15) is 57.3 Å². The smallest absolute Gasteiger partial charge is 0.256 e. The van der Waals surface area contributed by atoms with Crippen molar-refractivity contribution in [3.63, 3.8) is 0 Å². The predicted octanol–water partition coefficient (Wildman–Crippen LogP) is 2.57. The third kappa shape index (κ3) is 2.59. The molecule has 0 atom stereocenters. The fourth-order valence-corrected chi connectivity index (χ4v) is 3.43. The number of rotatable bonds is 2. The van der Waals surface area contributed by atoms with Crippen molar-refractivity contribution in [3.8, 4) is 0 Å². The van der Waals surface area contributed by atoms with Crippen LogP contribution < -0.4 is 10.9 Å². The molecule has 0 aromatic carbocycles. The highest BCUT2D eigenvalue weighted by Crippen LogP contribution is 2.46. The number of nitrogens with zero attached hydrogens (tertiary/aromatic N) is 1. The van der Waals surface area contributed by atoms with Crippen LogP contribution in [0.2, 0.25) is 0 Å². The summed E-state index contributed by atoms with van der Waals surface area (Å²) in [4.78, 5) is 20.0. The van der Waals surface area contributed by atoms with Gasteiger partial charge in [-0.05, 0) is 43.9 Å². The number of fused-ring (bicyclic) bond motifs is 1. The molecule has 0 unspecified atom stereocenters. The molecule has 0 amide bonds. The standard InChI is InChI=1S/C16H25N3O2/c1-15(2)6-8-16(21-3,9-7-15)14-18-12-11(13(20)19-14)5-4-10-17-12/h4-10H2,1-3H3,(H2,17,18,19,20). The first kappa shape index (κ1) is 14.6. The van der Waals surface area contributed by atoms with Gasteiger partial charge in [-0.25, -0.2) is 4.98 Å². The lowest BCUT2D eigenvalue weighted by atomic mass is 9.70. The van der Waals surface area contributed by atoms with E-state index >= 15 is 0 Å². The zero-order chi connectivity index (χ0) is 15.1. The van der Waals surface area contributed by atoms with E-state index in [9.17, 15) is 4.79 Å². The molecule has 116 valence electrons. The Kier molecular flexibility index (Phi) is 3.56. The SMILES string of the molecule is COC1(c2nc3c(c(=O)[nH]2)CCCN3)CCC(C)(C)CC1. The summed E-state index contributed by atoms with van der Waals surface area (Å²) >= 11 is 0. The Labute approximate surface area is 125 Å². The van der Waals surface area contributed by atoms with E-state index in [1.165, 1.54) is 0 Å². The molecule has 1 aromatic rings. The third-order valence-corrected chi connectivity index (χ3v) is 5.15. The molecule has 1 aliphatic heterocycles. The molecule has 3 rings (SSSR count).